The van der Waals surface area contributed by atoms with Gasteiger partial charge in [-0.2, -0.15) is 0 Å². The van der Waals surface area contributed by atoms with Gasteiger partial charge in [-0.15, -0.1) is 0 Å². The van der Waals surface area contributed by atoms with Crippen LogP contribution in [-0.2, 0) is 0 Å². The van der Waals surface area contributed by atoms with Gasteiger partial charge < -0.3 is 4.90 Å². The van der Waals surface area contributed by atoms with Crippen LogP contribution >= 0.6 is 0 Å². The van der Waals surface area contributed by atoms with E-state index < -0.39 is 0 Å². The minimum absolute atomic E-state index is 1.08. The molecule has 0 N–H and O–H groups in total. The van der Waals surface area contributed by atoms with Gasteiger partial charge in [-0.05, 0) is 152 Å². The molecule has 0 aromatic heterocycles. The molecule has 14 aromatic rings. The van der Waals surface area contributed by atoms with Gasteiger partial charge in [0, 0.05) is 22.1 Å². The molecule has 0 amide bonds. The fourth-order valence-corrected chi connectivity index (χ4v) is 11.5. The summed E-state index contributed by atoms with van der Waals surface area (Å²) in [6, 6.07) is 101. The Hall–Kier alpha value is -9.56. The molecule has 73 heavy (non-hydrogen) atoms. The van der Waals surface area contributed by atoms with E-state index in [1.54, 1.807) is 0 Å². The Labute approximate surface area is 424 Å². The highest BCUT2D eigenvalue weighted by Gasteiger charge is 2.25. The average Bonchev–Trinajstić information content (AvgIpc) is 3.46. The number of nitrogens with zero attached hydrogens (tertiary/aromatic N) is 1. The Morgan fingerprint density at radius 2 is 0.562 bits per heavy atom. The van der Waals surface area contributed by atoms with Crippen molar-refractivity contribution in [3.63, 3.8) is 0 Å². The van der Waals surface area contributed by atoms with E-state index >= 15 is 0 Å². The molecular weight excluding hydrogens is 879 g/mol. The van der Waals surface area contributed by atoms with Gasteiger partial charge in [-0.25, -0.2) is 0 Å². The number of hydrogen-bond acceptors (Lipinski definition) is 1. The van der Waals surface area contributed by atoms with Crippen LogP contribution in [-0.4, -0.2) is 0 Å². The van der Waals surface area contributed by atoms with Crippen LogP contribution in [0.15, 0.2) is 273 Å². The van der Waals surface area contributed by atoms with Gasteiger partial charge in [-0.1, -0.05) is 243 Å². The standard InChI is InChI=1S/C72H47N/c1-2-16-48(17-3-1)30-31-49-32-40-59(41-33-49)73(72-66-28-14-12-26-63(66)70(64-27-13-15-29-67(64)72)57-38-35-51-19-5-8-22-54(51)45-57)60-42-43-65-68(47-60)71(58-39-36-52-20-6-9-23-55(52)46-58)62-25-11-10-24-61(62)69(65)56-37-34-50-18-4-7-21-53(50)44-56/h1-47H. The summed E-state index contributed by atoms with van der Waals surface area (Å²) in [6.07, 6.45) is 4.40. The zero-order valence-electron chi connectivity index (χ0n) is 40.1. The largest absolute Gasteiger partial charge is 0.309 e. The van der Waals surface area contributed by atoms with E-state index in [9.17, 15) is 0 Å². The quantitative estimate of drug-likeness (QED) is 0.108. The van der Waals surface area contributed by atoms with Crippen molar-refractivity contribution in [2.24, 2.45) is 0 Å². The van der Waals surface area contributed by atoms with Crippen LogP contribution in [0.25, 0.3) is 121 Å². The first-order valence-corrected chi connectivity index (χ1v) is 25.2. The Bertz CT molecular complexity index is 4430. The van der Waals surface area contributed by atoms with Crippen molar-refractivity contribution < 1.29 is 0 Å². The summed E-state index contributed by atoms with van der Waals surface area (Å²) in [5.41, 5.74) is 12.9. The molecule has 0 saturated carbocycles. The summed E-state index contributed by atoms with van der Waals surface area (Å²) in [4.78, 5) is 2.52. The highest BCUT2D eigenvalue weighted by atomic mass is 15.1. The molecule has 0 heterocycles. The molecule has 0 bridgehead atoms. The third kappa shape index (κ3) is 7.41. The zero-order chi connectivity index (χ0) is 48.2. The summed E-state index contributed by atoms with van der Waals surface area (Å²) in [7, 11) is 0. The van der Waals surface area contributed by atoms with Crippen molar-refractivity contribution in [3.8, 4) is 33.4 Å². The lowest BCUT2D eigenvalue weighted by atomic mass is 9.84. The first kappa shape index (κ1) is 42.3. The van der Waals surface area contributed by atoms with Crippen molar-refractivity contribution in [2.45, 2.75) is 0 Å². The van der Waals surface area contributed by atoms with Crippen LogP contribution in [0, 0.1) is 0 Å². The molecule has 14 rings (SSSR count). The fourth-order valence-electron chi connectivity index (χ4n) is 11.5. The molecule has 0 unspecified atom stereocenters. The number of benzene rings is 14. The minimum Gasteiger partial charge on any atom is -0.309 e. The number of anilines is 3. The Kier molecular flexibility index (Phi) is 10.3. The van der Waals surface area contributed by atoms with Gasteiger partial charge in [0.2, 0.25) is 0 Å². The average molecular weight is 926 g/mol. The molecule has 14 aromatic carbocycles. The Morgan fingerprint density at radius 1 is 0.219 bits per heavy atom. The maximum Gasteiger partial charge on any atom is 0.0618 e. The van der Waals surface area contributed by atoms with E-state index in [4.69, 9.17) is 0 Å². The molecular formula is C72H47N. The van der Waals surface area contributed by atoms with Gasteiger partial charge in [0.15, 0.2) is 0 Å². The summed E-state index contributed by atoms with van der Waals surface area (Å²) in [6.45, 7) is 0. The fraction of sp³-hybridized carbons (Fsp3) is 0. The molecule has 0 aliphatic carbocycles. The SMILES string of the molecule is C(=Cc1ccc(N(c2ccc3c(-c4ccc5ccccc5c4)c4ccccc4c(-c4ccc5ccccc5c4)c3c2)c2c3ccccc3c(-c3ccc4ccccc4c3)c3ccccc23)cc1)c1ccccc1. The monoisotopic (exact) mass is 925 g/mol. The van der Waals surface area contributed by atoms with Crippen molar-refractivity contribution in [3.05, 3.63) is 284 Å². The smallest absolute Gasteiger partial charge is 0.0618 e. The molecule has 0 spiro atoms. The molecule has 0 aliphatic heterocycles. The number of fused-ring (bicyclic) bond motifs is 7. The van der Waals surface area contributed by atoms with Crippen molar-refractivity contribution in [2.75, 3.05) is 4.90 Å². The lowest BCUT2D eigenvalue weighted by Crippen LogP contribution is -2.12. The molecule has 0 fully saturated rings. The highest BCUT2D eigenvalue weighted by Crippen LogP contribution is 2.51. The topological polar surface area (TPSA) is 3.24 Å². The third-order valence-electron chi connectivity index (χ3n) is 14.9. The van der Waals surface area contributed by atoms with Crippen molar-refractivity contribution in [1.29, 1.82) is 0 Å². The highest BCUT2D eigenvalue weighted by molar-refractivity contribution is 6.25. The first-order valence-electron chi connectivity index (χ1n) is 25.2. The van der Waals surface area contributed by atoms with Crippen molar-refractivity contribution in [1.82, 2.24) is 0 Å². The predicted molar refractivity (Wildman–Crippen MR) is 315 cm³/mol. The van der Waals surface area contributed by atoms with Crippen LogP contribution < -0.4 is 4.90 Å². The van der Waals surface area contributed by atoms with Gasteiger partial charge in [0.1, 0.15) is 0 Å². The Balaban J connectivity index is 1.07. The summed E-state index contributed by atoms with van der Waals surface area (Å²) < 4.78 is 0. The van der Waals surface area contributed by atoms with Crippen LogP contribution in [0.3, 0.4) is 0 Å². The molecule has 0 saturated heterocycles. The number of hydrogen-bond donors (Lipinski definition) is 0. The zero-order valence-corrected chi connectivity index (χ0v) is 40.1. The maximum atomic E-state index is 2.52. The molecule has 340 valence electrons. The van der Waals surface area contributed by atoms with Gasteiger partial charge >= 0.3 is 0 Å². The van der Waals surface area contributed by atoms with Crippen LogP contribution in [0.2, 0.25) is 0 Å². The normalized spacial score (nSPS) is 11.8. The number of rotatable bonds is 8. The summed E-state index contributed by atoms with van der Waals surface area (Å²) >= 11 is 0. The molecule has 0 atom stereocenters. The van der Waals surface area contributed by atoms with Crippen LogP contribution in [0.5, 0.6) is 0 Å². The van der Waals surface area contributed by atoms with Crippen LogP contribution in [0.4, 0.5) is 17.1 Å². The minimum atomic E-state index is 1.08. The molecule has 0 radical (unpaired) electrons. The van der Waals surface area contributed by atoms with E-state index in [1.807, 2.05) is 0 Å². The van der Waals surface area contributed by atoms with Crippen LogP contribution in [0.1, 0.15) is 11.1 Å². The van der Waals surface area contributed by atoms with Gasteiger partial charge in [0.05, 0.1) is 5.69 Å². The second-order valence-corrected chi connectivity index (χ2v) is 19.2. The maximum absolute atomic E-state index is 2.52. The molecule has 0 aliphatic rings. The second-order valence-electron chi connectivity index (χ2n) is 19.2. The Morgan fingerprint density at radius 3 is 1.03 bits per heavy atom. The lowest BCUT2D eigenvalue weighted by Gasteiger charge is -2.30. The van der Waals surface area contributed by atoms with E-state index in [2.05, 4.69) is 290 Å². The van der Waals surface area contributed by atoms with E-state index in [0.717, 1.165) is 22.6 Å². The van der Waals surface area contributed by atoms with E-state index in [0.29, 0.717) is 0 Å². The van der Waals surface area contributed by atoms with Crippen molar-refractivity contribution >= 4 is 105 Å². The summed E-state index contributed by atoms with van der Waals surface area (Å²) in [5.74, 6) is 0. The summed E-state index contributed by atoms with van der Waals surface area (Å²) in [5, 5.41) is 17.0. The van der Waals surface area contributed by atoms with E-state index in [1.165, 1.54) is 114 Å². The third-order valence-corrected chi connectivity index (χ3v) is 14.9. The predicted octanol–water partition coefficient (Wildman–Crippen LogP) is 20.4. The molecule has 1 heteroatoms. The van der Waals surface area contributed by atoms with Gasteiger partial charge in [-0.3, -0.25) is 0 Å². The lowest BCUT2D eigenvalue weighted by molar-refractivity contribution is 1.31. The molecule has 1 nitrogen and oxygen atoms in total. The second kappa shape index (κ2) is 17.7. The first-order chi connectivity index (χ1) is 36.2. The van der Waals surface area contributed by atoms with E-state index in [-0.39, 0.29) is 0 Å². The van der Waals surface area contributed by atoms with Gasteiger partial charge in [0.25, 0.3) is 0 Å².